The molecule has 0 spiro atoms. The van der Waals surface area contributed by atoms with E-state index in [1.807, 2.05) is 0 Å². The second kappa shape index (κ2) is 13.7. The second-order valence-corrected chi connectivity index (χ2v) is 5.30. The number of esters is 1. The molecule has 0 radical (unpaired) electrons. The Morgan fingerprint density at radius 3 is 2.33 bits per heavy atom. The molecule has 0 fully saturated rings. The van der Waals surface area contributed by atoms with Gasteiger partial charge in [0, 0.05) is 26.6 Å². The Kier molecular flexibility index (Phi) is 12.9. The van der Waals surface area contributed by atoms with Gasteiger partial charge in [0.15, 0.2) is 5.96 Å². The number of guanidine groups is 1. The molecule has 21 heavy (non-hydrogen) atoms. The van der Waals surface area contributed by atoms with E-state index in [1.54, 1.807) is 7.05 Å². The van der Waals surface area contributed by atoms with Gasteiger partial charge in [0.2, 0.25) is 0 Å². The molecule has 0 unspecified atom stereocenters. The molecule has 0 aliphatic heterocycles. The number of rotatable bonds is 11. The SMILES string of the molecule is CCC(CC)CNC(=NC)NCCCCCCC(=O)OC. The maximum atomic E-state index is 10.9. The monoisotopic (exact) mass is 299 g/mol. The maximum Gasteiger partial charge on any atom is 0.305 e. The average molecular weight is 299 g/mol. The average Bonchev–Trinajstić information content (AvgIpc) is 2.52. The summed E-state index contributed by atoms with van der Waals surface area (Å²) in [4.78, 5) is 15.2. The van der Waals surface area contributed by atoms with Gasteiger partial charge in [0.05, 0.1) is 7.11 Å². The Morgan fingerprint density at radius 2 is 1.76 bits per heavy atom. The van der Waals surface area contributed by atoms with Crippen molar-refractivity contribution >= 4 is 11.9 Å². The van der Waals surface area contributed by atoms with Crippen LogP contribution in [0.25, 0.3) is 0 Å². The topological polar surface area (TPSA) is 62.7 Å². The first kappa shape index (κ1) is 19.7. The molecule has 0 aromatic rings. The molecule has 2 N–H and O–H groups in total. The zero-order chi connectivity index (χ0) is 15.9. The van der Waals surface area contributed by atoms with Crippen molar-refractivity contribution in [3.63, 3.8) is 0 Å². The first-order valence-electron chi connectivity index (χ1n) is 8.19. The summed E-state index contributed by atoms with van der Waals surface area (Å²) in [5, 5.41) is 6.70. The predicted octanol–water partition coefficient (Wildman–Crippen LogP) is 2.71. The van der Waals surface area contributed by atoms with Gasteiger partial charge in [0.25, 0.3) is 0 Å². The minimum atomic E-state index is -0.112. The van der Waals surface area contributed by atoms with Crippen molar-refractivity contribution in [2.45, 2.75) is 58.8 Å². The summed E-state index contributed by atoms with van der Waals surface area (Å²) in [5.41, 5.74) is 0. The summed E-state index contributed by atoms with van der Waals surface area (Å²) in [6, 6.07) is 0. The fourth-order valence-corrected chi connectivity index (χ4v) is 2.10. The third-order valence-corrected chi connectivity index (χ3v) is 3.76. The first-order valence-corrected chi connectivity index (χ1v) is 8.19. The lowest BCUT2D eigenvalue weighted by atomic mass is 10.0. The van der Waals surface area contributed by atoms with Crippen LogP contribution in [0.3, 0.4) is 0 Å². The molecular formula is C16H33N3O2. The van der Waals surface area contributed by atoms with Crippen molar-refractivity contribution in [3.8, 4) is 0 Å². The highest BCUT2D eigenvalue weighted by Gasteiger charge is 2.04. The minimum absolute atomic E-state index is 0.112. The lowest BCUT2D eigenvalue weighted by Crippen LogP contribution is -2.40. The fourth-order valence-electron chi connectivity index (χ4n) is 2.10. The molecule has 5 nitrogen and oxygen atoms in total. The summed E-state index contributed by atoms with van der Waals surface area (Å²) in [6.45, 7) is 6.34. The molecule has 0 bridgehead atoms. The molecule has 0 saturated carbocycles. The van der Waals surface area contributed by atoms with Gasteiger partial charge in [-0.25, -0.2) is 0 Å². The van der Waals surface area contributed by atoms with Crippen LogP contribution in [0, 0.1) is 5.92 Å². The molecule has 0 aromatic carbocycles. The highest BCUT2D eigenvalue weighted by Crippen LogP contribution is 2.05. The number of aliphatic imine (C=N–C) groups is 1. The van der Waals surface area contributed by atoms with E-state index in [9.17, 15) is 4.79 Å². The maximum absolute atomic E-state index is 10.9. The van der Waals surface area contributed by atoms with Crippen LogP contribution in [0.15, 0.2) is 4.99 Å². The number of hydrogen-bond acceptors (Lipinski definition) is 3. The Bertz CT molecular complexity index is 289. The van der Waals surface area contributed by atoms with Crippen LogP contribution in [0.4, 0.5) is 0 Å². The Morgan fingerprint density at radius 1 is 1.10 bits per heavy atom. The number of methoxy groups -OCH3 is 1. The fraction of sp³-hybridized carbons (Fsp3) is 0.875. The van der Waals surface area contributed by atoms with Crippen LogP contribution in [0.2, 0.25) is 0 Å². The van der Waals surface area contributed by atoms with E-state index < -0.39 is 0 Å². The first-order chi connectivity index (χ1) is 10.2. The largest absolute Gasteiger partial charge is 0.469 e. The van der Waals surface area contributed by atoms with Crippen molar-refractivity contribution in [1.82, 2.24) is 10.6 Å². The van der Waals surface area contributed by atoms with Crippen LogP contribution in [0.5, 0.6) is 0 Å². The summed E-state index contributed by atoms with van der Waals surface area (Å²) < 4.78 is 4.61. The number of nitrogens with one attached hydrogen (secondary N) is 2. The molecule has 0 heterocycles. The number of carbonyl (C=O) groups excluding carboxylic acids is 1. The van der Waals surface area contributed by atoms with E-state index in [2.05, 4.69) is 34.2 Å². The third-order valence-electron chi connectivity index (χ3n) is 3.76. The van der Waals surface area contributed by atoms with Crippen molar-refractivity contribution < 1.29 is 9.53 Å². The van der Waals surface area contributed by atoms with Gasteiger partial charge in [-0.15, -0.1) is 0 Å². The van der Waals surface area contributed by atoms with Gasteiger partial charge in [-0.3, -0.25) is 9.79 Å². The van der Waals surface area contributed by atoms with E-state index in [-0.39, 0.29) is 5.97 Å². The van der Waals surface area contributed by atoms with Gasteiger partial charge in [-0.1, -0.05) is 39.5 Å². The normalized spacial score (nSPS) is 11.6. The lowest BCUT2D eigenvalue weighted by Gasteiger charge is -2.16. The number of unbranched alkanes of at least 4 members (excludes halogenated alkanes) is 3. The third kappa shape index (κ3) is 11.1. The van der Waals surface area contributed by atoms with Gasteiger partial charge in [0.1, 0.15) is 0 Å². The standard InChI is InChI=1S/C16H33N3O2/c1-5-14(6-2)13-19-16(17-3)18-12-10-8-7-9-11-15(20)21-4/h14H,5-13H2,1-4H3,(H2,17,18,19). The molecule has 0 amide bonds. The van der Waals surface area contributed by atoms with E-state index in [1.165, 1.54) is 20.0 Å². The molecule has 124 valence electrons. The Balaban J connectivity index is 3.58. The molecule has 0 aliphatic rings. The highest BCUT2D eigenvalue weighted by molar-refractivity contribution is 5.79. The van der Waals surface area contributed by atoms with Gasteiger partial charge in [-0.05, 0) is 18.8 Å². The van der Waals surface area contributed by atoms with E-state index >= 15 is 0 Å². The molecule has 0 aliphatic carbocycles. The summed E-state index contributed by atoms with van der Waals surface area (Å²) in [7, 11) is 3.24. The predicted molar refractivity (Wildman–Crippen MR) is 88.5 cm³/mol. The summed E-state index contributed by atoms with van der Waals surface area (Å²) in [5.74, 6) is 1.48. The Labute approximate surface area is 129 Å². The zero-order valence-corrected chi connectivity index (χ0v) is 14.2. The molecule has 0 saturated heterocycles. The second-order valence-electron chi connectivity index (χ2n) is 5.30. The molecule has 0 rings (SSSR count). The minimum Gasteiger partial charge on any atom is -0.469 e. The number of ether oxygens (including phenoxy) is 1. The van der Waals surface area contributed by atoms with Crippen molar-refractivity contribution in [2.75, 3.05) is 27.2 Å². The van der Waals surface area contributed by atoms with Crippen LogP contribution in [-0.4, -0.2) is 39.2 Å². The summed E-state index contributed by atoms with van der Waals surface area (Å²) >= 11 is 0. The molecule has 5 heteroatoms. The van der Waals surface area contributed by atoms with E-state index in [0.717, 1.165) is 44.7 Å². The number of hydrogen-bond donors (Lipinski definition) is 2. The van der Waals surface area contributed by atoms with Crippen molar-refractivity contribution in [3.05, 3.63) is 0 Å². The Hall–Kier alpha value is -1.26. The molecular weight excluding hydrogens is 266 g/mol. The quantitative estimate of drug-likeness (QED) is 0.266. The van der Waals surface area contributed by atoms with E-state index in [0.29, 0.717) is 12.3 Å². The van der Waals surface area contributed by atoms with Gasteiger partial charge < -0.3 is 15.4 Å². The van der Waals surface area contributed by atoms with Crippen molar-refractivity contribution in [2.24, 2.45) is 10.9 Å². The number of nitrogens with zero attached hydrogens (tertiary/aromatic N) is 1. The highest BCUT2D eigenvalue weighted by atomic mass is 16.5. The summed E-state index contributed by atoms with van der Waals surface area (Å²) in [6.07, 6.45) is 7.11. The number of carbonyl (C=O) groups is 1. The van der Waals surface area contributed by atoms with E-state index in [4.69, 9.17) is 0 Å². The van der Waals surface area contributed by atoms with Crippen LogP contribution in [-0.2, 0) is 9.53 Å². The van der Waals surface area contributed by atoms with Crippen molar-refractivity contribution in [1.29, 1.82) is 0 Å². The molecule has 0 aromatic heterocycles. The van der Waals surface area contributed by atoms with Crippen LogP contribution >= 0.6 is 0 Å². The van der Waals surface area contributed by atoms with Crippen LogP contribution < -0.4 is 10.6 Å². The molecule has 0 atom stereocenters. The van der Waals surface area contributed by atoms with Crippen LogP contribution in [0.1, 0.15) is 58.8 Å². The van der Waals surface area contributed by atoms with Gasteiger partial charge >= 0.3 is 5.97 Å². The smallest absolute Gasteiger partial charge is 0.305 e. The lowest BCUT2D eigenvalue weighted by molar-refractivity contribution is -0.140. The van der Waals surface area contributed by atoms with Gasteiger partial charge in [-0.2, -0.15) is 0 Å². The zero-order valence-electron chi connectivity index (χ0n) is 14.2.